The minimum atomic E-state index is -4.60. The zero-order chi connectivity index (χ0) is 15.8. The Balaban J connectivity index is 2.43. The third-order valence-corrected chi connectivity index (χ3v) is 3.51. The van der Waals surface area contributed by atoms with Gasteiger partial charge in [-0.1, -0.05) is 5.16 Å². The molecule has 1 heterocycles. The molecule has 1 atom stereocenters. The Kier molecular flexibility index (Phi) is 3.75. The summed E-state index contributed by atoms with van der Waals surface area (Å²) in [6.45, 7) is 2.50. The van der Waals surface area contributed by atoms with E-state index in [9.17, 15) is 18.3 Å². The lowest BCUT2D eigenvalue weighted by atomic mass is 10.0. The van der Waals surface area contributed by atoms with Crippen molar-refractivity contribution in [3.8, 4) is 0 Å². The molecule has 116 valence electrons. The number of β-amino-alcohol motifs (C(OH)–C–C–N with tert-alkyl or cyclic N) is 1. The second kappa shape index (κ2) is 5.10. The van der Waals surface area contributed by atoms with Crippen LogP contribution in [0.4, 0.5) is 18.9 Å². The minimum Gasteiger partial charge on any atom is -0.409 e. The average molecular weight is 303 g/mol. The number of rotatable bonds is 2. The van der Waals surface area contributed by atoms with E-state index in [0.717, 1.165) is 6.07 Å². The van der Waals surface area contributed by atoms with Crippen molar-refractivity contribution < 1.29 is 23.5 Å². The molecule has 0 spiro atoms. The van der Waals surface area contributed by atoms with Crippen LogP contribution in [0.15, 0.2) is 23.4 Å². The van der Waals surface area contributed by atoms with Gasteiger partial charge in [0.05, 0.1) is 11.2 Å². The molecule has 2 rings (SSSR count). The number of nitrogens with zero attached hydrogens (tertiary/aromatic N) is 2. The topological polar surface area (TPSA) is 82.1 Å². The minimum absolute atomic E-state index is 0.313. The second-order valence-corrected chi connectivity index (χ2v) is 5.38. The number of hydrogen-bond acceptors (Lipinski definition) is 4. The van der Waals surface area contributed by atoms with Gasteiger partial charge in [0.15, 0.2) is 5.84 Å². The quantitative estimate of drug-likeness (QED) is 0.336. The number of hydrogen-bond donors (Lipinski definition) is 3. The lowest BCUT2D eigenvalue weighted by Crippen LogP contribution is -2.30. The van der Waals surface area contributed by atoms with Gasteiger partial charge in [0, 0.05) is 24.3 Å². The van der Waals surface area contributed by atoms with Gasteiger partial charge >= 0.3 is 6.18 Å². The molecule has 0 saturated carbocycles. The molecule has 0 aliphatic carbocycles. The van der Waals surface area contributed by atoms with E-state index in [1.807, 2.05) is 0 Å². The molecule has 0 bridgehead atoms. The Morgan fingerprint density at radius 3 is 2.57 bits per heavy atom. The average Bonchev–Trinajstić information content (AvgIpc) is 2.76. The van der Waals surface area contributed by atoms with Gasteiger partial charge in [0.25, 0.3) is 0 Å². The molecule has 1 unspecified atom stereocenters. The van der Waals surface area contributed by atoms with Crippen LogP contribution < -0.4 is 10.6 Å². The van der Waals surface area contributed by atoms with Gasteiger partial charge in [0.2, 0.25) is 0 Å². The summed E-state index contributed by atoms with van der Waals surface area (Å²) in [5, 5.41) is 21.2. The van der Waals surface area contributed by atoms with Gasteiger partial charge in [-0.25, -0.2) is 0 Å². The Morgan fingerprint density at radius 2 is 2.10 bits per heavy atom. The molecule has 4 N–H and O–H groups in total. The highest BCUT2D eigenvalue weighted by molar-refractivity contribution is 5.99. The van der Waals surface area contributed by atoms with E-state index in [2.05, 4.69) is 5.16 Å². The zero-order valence-corrected chi connectivity index (χ0v) is 11.4. The smallest absolute Gasteiger partial charge is 0.409 e. The maximum atomic E-state index is 12.9. The fraction of sp³-hybridized carbons (Fsp3) is 0.462. The van der Waals surface area contributed by atoms with Gasteiger partial charge in [-0.2, -0.15) is 13.2 Å². The number of halogens is 3. The first-order valence-corrected chi connectivity index (χ1v) is 6.30. The predicted molar refractivity (Wildman–Crippen MR) is 71.4 cm³/mol. The maximum Gasteiger partial charge on any atom is 0.417 e. The Morgan fingerprint density at radius 1 is 1.43 bits per heavy atom. The van der Waals surface area contributed by atoms with Crippen molar-refractivity contribution >= 4 is 11.5 Å². The van der Waals surface area contributed by atoms with Crippen LogP contribution in [-0.4, -0.2) is 34.8 Å². The number of oxime groups is 1. The van der Waals surface area contributed by atoms with E-state index in [1.54, 1.807) is 11.8 Å². The SMILES string of the molecule is CC1(O)CCN(c2ccc(C(F)(F)F)c(/C(N)=N/O)c2)C1. The third kappa shape index (κ3) is 3.21. The molecule has 0 amide bonds. The van der Waals surface area contributed by atoms with Crippen LogP contribution in [0, 0.1) is 0 Å². The van der Waals surface area contributed by atoms with Crippen molar-refractivity contribution in [3.05, 3.63) is 29.3 Å². The normalized spacial score (nSPS) is 23.7. The molecule has 1 aromatic carbocycles. The molecule has 0 radical (unpaired) electrons. The monoisotopic (exact) mass is 303 g/mol. The van der Waals surface area contributed by atoms with Gasteiger partial charge in [-0.05, 0) is 31.5 Å². The highest BCUT2D eigenvalue weighted by Gasteiger charge is 2.36. The molecule has 1 saturated heterocycles. The summed E-state index contributed by atoms with van der Waals surface area (Å²) >= 11 is 0. The van der Waals surface area contributed by atoms with E-state index in [0.29, 0.717) is 25.2 Å². The van der Waals surface area contributed by atoms with Crippen LogP contribution in [0.5, 0.6) is 0 Å². The number of nitrogens with two attached hydrogens (primary N) is 1. The largest absolute Gasteiger partial charge is 0.417 e. The van der Waals surface area contributed by atoms with E-state index in [-0.39, 0.29) is 5.56 Å². The highest BCUT2D eigenvalue weighted by atomic mass is 19.4. The molecule has 8 heteroatoms. The van der Waals surface area contributed by atoms with E-state index < -0.39 is 23.2 Å². The molecule has 0 aromatic heterocycles. The van der Waals surface area contributed by atoms with Crippen LogP contribution in [0.25, 0.3) is 0 Å². The van der Waals surface area contributed by atoms with Crippen LogP contribution in [0.1, 0.15) is 24.5 Å². The van der Waals surface area contributed by atoms with E-state index >= 15 is 0 Å². The summed E-state index contributed by atoms with van der Waals surface area (Å²) in [7, 11) is 0. The van der Waals surface area contributed by atoms with Gasteiger partial charge in [-0.3, -0.25) is 0 Å². The fourth-order valence-corrected chi connectivity index (χ4v) is 2.41. The molecule has 1 aliphatic rings. The highest BCUT2D eigenvalue weighted by Crippen LogP contribution is 2.35. The molecule has 1 aromatic rings. The van der Waals surface area contributed by atoms with Crippen molar-refractivity contribution in [2.24, 2.45) is 10.9 Å². The van der Waals surface area contributed by atoms with E-state index in [4.69, 9.17) is 10.9 Å². The third-order valence-electron chi connectivity index (χ3n) is 3.51. The molecule has 21 heavy (non-hydrogen) atoms. The summed E-state index contributed by atoms with van der Waals surface area (Å²) in [6.07, 6.45) is -4.08. The van der Waals surface area contributed by atoms with Crippen molar-refractivity contribution in [1.82, 2.24) is 0 Å². The predicted octanol–water partition coefficient (Wildman–Crippen LogP) is 1.76. The van der Waals surface area contributed by atoms with Crippen molar-refractivity contribution in [1.29, 1.82) is 0 Å². The van der Waals surface area contributed by atoms with Gasteiger partial charge in [0.1, 0.15) is 0 Å². The lowest BCUT2D eigenvalue weighted by molar-refractivity contribution is -0.137. The summed E-state index contributed by atoms with van der Waals surface area (Å²) in [5.74, 6) is -0.602. The zero-order valence-electron chi connectivity index (χ0n) is 11.4. The van der Waals surface area contributed by atoms with Crippen LogP contribution in [0.3, 0.4) is 0 Å². The molecule has 1 aliphatic heterocycles. The lowest BCUT2D eigenvalue weighted by Gasteiger charge is -2.22. The summed E-state index contributed by atoms with van der Waals surface area (Å²) in [4.78, 5) is 1.76. The van der Waals surface area contributed by atoms with Crippen LogP contribution in [0.2, 0.25) is 0 Å². The number of anilines is 1. The Bertz CT molecular complexity index is 570. The van der Waals surface area contributed by atoms with Crippen molar-refractivity contribution in [2.75, 3.05) is 18.0 Å². The Hall–Kier alpha value is -1.96. The number of aliphatic hydroxyl groups is 1. The number of alkyl halides is 3. The summed E-state index contributed by atoms with van der Waals surface area (Å²) in [6, 6.07) is 3.44. The van der Waals surface area contributed by atoms with Gasteiger partial charge in [-0.15, -0.1) is 0 Å². The van der Waals surface area contributed by atoms with Crippen molar-refractivity contribution in [2.45, 2.75) is 25.1 Å². The molecular formula is C13H16F3N3O2. The number of amidine groups is 1. The van der Waals surface area contributed by atoms with Crippen LogP contribution >= 0.6 is 0 Å². The van der Waals surface area contributed by atoms with Gasteiger partial charge < -0.3 is 20.9 Å². The summed E-state index contributed by atoms with van der Waals surface area (Å²) < 4.78 is 38.8. The number of benzene rings is 1. The molecular weight excluding hydrogens is 287 g/mol. The first-order chi connectivity index (χ1) is 9.64. The fourth-order valence-electron chi connectivity index (χ4n) is 2.41. The second-order valence-electron chi connectivity index (χ2n) is 5.38. The van der Waals surface area contributed by atoms with Crippen molar-refractivity contribution in [3.63, 3.8) is 0 Å². The maximum absolute atomic E-state index is 12.9. The van der Waals surface area contributed by atoms with Crippen LogP contribution in [-0.2, 0) is 6.18 Å². The first kappa shape index (κ1) is 15.4. The standard InChI is InChI=1S/C13H16F3N3O2/c1-12(20)4-5-19(7-12)8-2-3-10(13(14,15)16)9(6-8)11(17)18-21/h2-3,6,20-21H,4-5,7H2,1H3,(H2,17,18). The molecule has 5 nitrogen and oxygen atoms in total. The van der Waals surface area contributed by atoms with E-state index in [1.165, 1.54) is 12.1 Å². The first-order valence-electron chi connectivity index (χ1n) is 6.30. The summed E-state index contributed by atoms with van der Waals surface area (Å²) in [5.41, 5.74) is 3.61. The Labute approximate surface area is 119 Å². The molecule has 1 fully saturated rings.